The van der Waals surface area contributed by atoms with Gasteiger partial charge in [-0.15, -0.1) is 0 Å². The van der Waals surface area contributed by atoms with Gasteiger partial charge in [0.25, 0.3) is 5.69 Å². The molecule has 0 saturated carbocycles. The van der Waals surface area contributed by atoms with E-state index in [4.69, 9.17) is 0 Å². The van der Waals surface area contributed by atoms with Gasteiger partial charge in [-0.05, 0) is 31.0 Å². The van der Waals surface area contributed by atoms with Gasteiger partial charge in [-0.1, -0.05) is 30.3 Å². The number of sulfonamides is 1. The maximum absolute atomic E-state index is 13.3. The van der Waals surface area contributed by atoms with Crippen LogP contribution in [0, 0.1) is 17.0 Å². The third-order valence-corrected chi connectivity index (χ3v) is 6.16. The highest BCUT2D eigenvalue weighted by Gasteiger charge is 2.30. The molecule has 32 heavy (non-hydrogen) atoms. The smallest absolute Gasteiger partial charge is 0.271 e. The van der Waals surface area contributed by atoms with Gasteiger partial charge in [-0.3, -0.25) is 24.0 Å². The van der Waals surface area contributed by atoms with E-state index in [9.17, 15) is 28.1 Å². The average Bonchev–Trinajstić information content (AvgIpc) is 2.74. The average molecular weight is 463 g/mol. The minimum absolute atomic E-state index is 0.0153. The molecule has 10 nitrogen and oxygen atoms in total. The van der Waals surface area contributed by atoms with Crippen LogP contribution in [-0.2, 0) is 26.2 Å². The molecule has 1 atom stereocenters. The maximum Gasteiger partial charge on any atom is 0.271 e. The van der Waals surface area contributed by atoms with Gasteiger partial charge in [0.1, 0.15) is 12.6 Å². The number of nitro groups is 1. The van der Waals surface area contributed by atoms with Gasteiger partial charge in [-0.2, -0.15) is 0 Å². The fraction of sp³-hybridized carbons (Fsp3) is 0.333. The van der Waals surface area contributed by atoms with E-state index >= 15 is 0 Å². The van der Waals surface area contributed by atoms with E-state index in [1.54, 1.807) is 13.0 Å². The van der Waals surface area contributed by atoms with Crippen molar-refractivity contribution in [3.63, 3.8) is 0 Å². The SMILES string of the molecule is CNC(=O)[C@@H](C)N(Cc1ccccc1C)C(=O)CN(c1cccc([N+](=O)[O-])c1)S(C)(=O)=O. The standard InChI is InChI=1S/C21H26N4O6S/c1-15-8-5-6-9-17(15)13-23(16(2)21(27)22-3)20(26)14-24(32(4,30)31)18-10-7-11-19(12-18)25(28)29/h5-12,16H,13-14H2,1-4H3,(H,22,27)/t16-/m1/s1. The highest BCUT2D eigenvalue weighted by Crippen LogP contribution is 2.24. The Morgan fingerprint density at radius 3 is 2.38 bits per heavy atom. The molecule has 0 aromatic heterocycles. The Kier molecular flexibility index (Phi) is 7.92. The number of hydrogen-bond donors (Lipinski definition) is 1. The van der Waals surface area contributed by atoms with Crippen molar-refractivity contribution < 1.29 is 22.9 Å². The number of nitrogens with zero attached hydrogens (tertiary/aromatic N) is 3. The van der Waals surface area contributed by atoms with E-state index in [1.807, 2.05) is 25.1 Å². The lowest BCUT2D eigenvalue weighted by Gasteiger charge is -2.31. The number of anilines is 1. The maximum atomic E-state index is 13.3. The molecule has 0 aliphatic carbocycles. The van der Waals surface area contributed by atoms with E-state index in [0.717, 1.165) is 27.8 Å². The van der Waals surface area contributed by atoms with Gasteiger partial charge in [0.2, 0.25) is 21.8 Å². The molecule has 2 aromatic carbocycles. The number of rotatable bonds is 9. The topological polar surface area (TPSA) is 130 Å². The number of aryl methyl sites for hydroxylation is 1. The lowest BCUT2D eigenvalue weighted by Crippen LogP contribution is -2.50. The van der Waals surface area contributed by atoms with Gasteiger partial charge >= 0.3 is 0 Å². The molecule has 0 bridgehead atoms. The van der Waals surface area contributed by atoms with Crippen molar-refractivity contribution in [1.29, 1.82) is 0 Å². The third-order valence-electron chi connectivity index (χ3n) is 5.02. The summed E-state index contributed by atoms with van der Waals surface area (Å²) in [6, 6.07) is 11.5. The van der Waals surface area contributed by atoms with Crippen LogP contribution in [0.5, 0.6) is 0 Å². The Morgan fingerprint density at radius 1 is 1.16 bits per heavy atom. The summed E-state index contributed by atoms with van der Waals surface area (Å²) in [4.78, 5) is 37.3. The molecule has 11 heteroatoms. The number of amides is 2. The van der Waals surface area contributed by atoms with Crippen LogP contribution in [0.1, 0.15) is 18.1 Å². The van der Waals surface area contributed by atoms with E-state index in [2.05, 4.69) is 5.32 Å². The van der Waals surface area contributed by atoms with E-state index in [0.29, 0.717) is 0 Å². The monoisotopic (exact) mass is 462 g/mol. The Balaban J connectivity index is 2.43. The zero-order chi connectivity index (χ0) is 24.1. The molecule has 0 aliphatic heterocycles. The predicted molar refractivity (Wildman–Crippen MR) is 121 cm³/mol. The summed E-state index contributed by atoms with van der Waals surface area (Å²) in [5, 5.41) is 13.6. The molecule has 0 unspecified atom stereocenters. The Labute approximate surface area is 187 Å². The first-order valence-corrected chi connectivity index (χ1v) is 11.6. The molecular formula is C21H26N4O6S. The molecule has 0 spiro atoms. The second kappa shape index (κ2) is 10.2. The van der Waals surface area contributed by atoms with Crippen molar-refractivity contribution >= 4 is 33.2 Å². The summed E-state index contributed by atoms with van der Waals surface area (Å²) >= 11 is 0. The summed E-state index contributed by atoms with van der Waals surface area (Å²) in [5.41, 5.74) is 1.39. The molecule has 172 valence electrons. The number of hydrogen-bond acceptors (Lipinski definition) is 6. The summed E-state index contributed by atoms with van der Waals surface area (Å²) in [7, 11) is -2.51. The third kappa shape index (κ3) is 6.03. The number of nitro benzene ring substituents is 1. The number of carbonyl (C=O) groups excluding carboxylic acids is 2. The summed E-state index contributed by atoms with van der Waals surface area (Å²) in [6.07, 6.45) is 0.910. The van der Waals surface area contributed by atoms with Crippen molar-refractivity contribution in [2.45, 2.75) is 26.4 Å². The van der Waals surface area contributed by atoms with Gasteiger partial charge in [0.05, 0.1) is 16.9 Å². The van der Waals surface area contributed by atoms with Crippen molar-refractivity contribution in [2.75, 3.05) is 24.2 Å². The van der Waals surface area contributed by atoms with Crippen molar-refractivity contribution in [2.24, 2.45) is 0 Å². The van der Waals surface area contributed by atoms with Crippen LogP contribution in [0.3, 0.4) is 0 Å². The highest BCUT2D eigenvalue weighted by atomic mass is 32.2. The number of benzene rings is 2. The molecular weight excluding hydrogens is 436 g/mol. The first-order chi connectivity index (χ1) is 15.0. The molecule has 0 radical (unpaired) electrons. The Hall–Kier alpha value is -3.47. The van der Waals surface area contributed by atoms with Crippen LogP contribution < -0.4 is 9.62 Å². The zero-order valence-electron chi connectivity index (χ0n) is 18.3. The van der Waals surface area contributed by atoms with Crippen molar-refractivity contribution in [1.82, 2.24) is 10.2 Å². The fourth-order valence-corrected chi connectivity index (χ4v) is 3.98. The Bertz CT molecular complexity index is 1120. The van der Waals surface area contributed by atoms with Crippen molar-refractivity contribution in [3.05, 3.63) is 69.8 Å². The molecule has 2 rings (SSSR count). The predicted octanol–water partition coefficient (Wildman–Crippen LogP) is 1.83. The van der Waals surface area contributed by atoms with Crippen LogP contribution in [0.4, 0.5) is 11.4 Å². The molecule has 0 saturated heterocycles. The van der Waals surface area contributed by atoms with Gasteiger partial charge in [-0.25, -0.2) is 8.42 Å². The molecule has 0 heterocycles. The fourth-order valence-electron chi connectivity index (χ4n) is 3.14. The number of nitrogens with one attached hydrogen (secondary N) is 1. The molecule has 2 amide bonds. The summed E-state index contributed by atoms with van der Waals surface area (Å²) in [5.74, 6) is -1.03. The number of non-ortho nitro benzene ring substituents is 1. The second-order valence-corrected chi connectivity index (χ2v) is 9.19. The van der Waals surface area contributed by atoms with Crippen LogP contribution in [-0.4, -0.2) is 55.9 Å². The number of carbonyl (C=O) groups is 2. The molecule has 2 aromatic rings. The second-order valence-electron chi connectivity index (χ2n) is 7.28. The lowest BCUT2D eigenvalue weighted by molar-refractivity contribution is -0.384. The first-order valence-electron chi connectivity index (χ1n) is 9.73. The van der Waals surface area contributed by atoms with Crippen molar-refractivity contribution in [3.8, 4) is 0 Å². The quantitative estimate of drug-likeness (QED) is 0.447. The van der Waals surface area contributed by atoms with Crippen LogP contribution in [0.15, 0.2) is 48.5 Å². The van der Waals surface area contributed by atoms with Gasteiger partial charge < -0.3 is 10.2 Å². The zero-order valence-corrected chi connectivity index (χ0v) is 19.1. The highest BCUT2D eigenvalue weighted by molar-refractivity contribution is 7.92. The van der Waals surface area contributed by atoms with Crippen LogP contribution in [0.2, 0.25) is 0 Å². The van der Waals surface area contributed by atoms with Gasteiger partial charge in [0, 0.05) is 25.7 Å². The number of likely N-dealkylation sites (N-methyl/N-ethyl adjacent to an activating group) is 1. The minimum atomic E-state index is -3.96. The first kappa shape index (κ1) is 24.8. The molecule has 0 aliphatic rings. The Morgan fingerprint density at radius 2 is 1.81 bits per heavy atom. The largest absolute Gasteiger partial charge is 0.357 e. The van der Waals surface area contributed by atoms with Crippen LogP contribution in [0.25, 0.3) is 0 Å². The van der Waals surface area contributed by atoms with E-state index in [-0.39, 0.29) is 17.9 Å². The lowest BCUT2D eigenvalue weighted by atomic mass is 10.1. The molecule has 1 N–H and O–H groups in total. The van der Waals surface area contributed by atoms with Gasteiger partial charge in [0.15, 0.2) is 0 Å². The van der Waals surface area contributed by atoms with Crippen LogP contribution >= 0.6 is 0 Å². The summed E-state index contributed by atoms with van der Waals surface area (Å²) in [6.45, 7) is 2.89. The normalized spacial score (nSPS) is 12.0. The molecule has 0 fully saturated rings. The van der Waals surface area contributed by atoms with E-state index < -0.39 is 39.3 Å². The van der Waals surface area contributed by atoms with E-state index in [1.165, 1.54) is 30.1 Å². The summed E-state index contributed by atoms with van der Waals surface area (Å²) < 4.78 is 25.7. The minimum Gasteiger partial charge on any atom is -0.357 e.